The highest BCUT2D eigenvalue weighted by atomic mass is 35.5. The summed E-state index contributed by atoms with van der Waals surface area (Å²) in [4.78, 5) is 38.2. The zero-order valence-electron chi connectivity index (χ0n) is 16.5. The molecule has 1 aromatic heterocycles. The number of esters is 1. The van der Waals surface area contributed by atoms with Gasteiger partial charge in [-0.25, -0.2) is 13.2 Å². The van der Waals surface area contributed by atoms with Crippen LogP contribution in [0.4, 0.5) is 0 Å². The third kappa shape index (κ3) is 4.17. The highest BCUT2D eigenvalue weighted by molar-refractivity contribution is 7.90. The van der Waals surface area contributed by atoms with Crippen molar-refractivity contribution >= 4 is 38.5 Å². The highest BCUT2D eigenvalue weighted by Crippen LogP contribution is 2.18. The smallest absolute Gasteiger partial charge is 0.346 e. The number of carbonyl (C=O) groups is 1. The first kappa shape index (κ1) is 21.8. The third-order valence-electron chi connectivity index (χ3n) is 4.06. The van der Waals surface area contributed by atoms with Crippen LogP contribution in [0.1, 0.15) is 20.8 Å². The molecule has 0 bridgehead atoms. The Hall–Kier alpha value is -2.91. The minimum absolute atomic E-state index is 0.0304. The first-order valence-electron chi connectivity index (χ1n) is 8.89. The predicted molar refractivity (Wildman–Crippen MR) is 112 cm³/mol. The summed E-state index contributed by atoms with van der Waals surface area (Å²) >= 11 is 6.01. The van der Waals surface area contributed by atoms with Crippen LogP contribution in [0.2, 0.25) is 5.02 Å². The highest BCUT2D eigenvalue weighted by Gasteiger charge is 2.27. The molecule has 0 saturated carbocycles. The van der Waals surface area contributed by atoms with Gasteiger partial charge in [-0.15, -0.1) is 3.97 Å². The Kier molecular flexibility index (Phi) is 5.62. The minimum atomic E-state index is -4.51. The van der Waals surface area contributed by atoms with Crippen LogP contribution in [-0.4, -0.2) is 28.5 Å². The monoisotopic (exact) mass is 450 g/mol. The molecule has 0 atom stereocenters. The van der Waals surface area contributed by atoms with Crippen LogP contribution in [0.15, 0.2) is 63.0 Å². The fourth-order valence-corrected chi connectivity index (χ4v) is 4.38. The number of hydrogen-bond acceptors (Lipinski definition) is 6. The van der Waals surface area contributed by atoms with Crippen molar-refractivity contribution in [3.63, 3.8) is 0 Å². The zero-order chi connectivity index (χ0) is 22.3. The number of benzene rings is 2. The molecule has 3 rings (SSSR count). The van der Waals surface area contributed by atoms with Gasteiger partial charge in [0.25, 0.3) is 15.6 Å². The number of carbonyl (C=O) groups excluding carboxylic acids is 1. The standard InChI is InChI=1S/C20H19ClN2O6S/c1-20(2,3)29-17(24)12-22-16-11-13(21)9-10-15(16)18(25)23(19(22)26)30(27,28)14-7-5-4-6-8-14/h4-11H,12H2,1-3H3. The van der Waals surface area contributed by atoms with Crippen molar-refractivity contribution in [1.29, 1.82) is 0 Å². The van der Waals surface area contributed by atoms with E-state index in [1.165, 1.54) is 42.5 Å². The summed E-state index contributed by atoms with van der Waals surface area (Å²) in [5.41, 5.74) is -3.01. The molecule has 0 radical (unpaired) electrons. The van der Waals surface area contributed by atoms with Gasteiger partial charge in [-0.05, 0) is 51.1 Å². The molecule has 0 aliphatic heterocycles. The normalized spacial score (nSPS) is 12.1. The molecule has 0 spiro atoms. The number of halogens is 1. The lowest BCUT2D eigenvalue weighted by molar-refractivity contribution is -0.155. The fourth-order valence-electron chi connectivity index (χ4n) is 2.88. The van der Waals surface area contributed by atoms with Gasteiger partial charge < -0.3 is 4.74 Å². The summed E-state index contributed by atoms with van der Waals surface area (Å²) < 4.78 is 32.4. The Bertz CT molecular complexity index is 1350. The molecule has 0 fully saturated rings. The van der Waals surface area contributed by atoms with Crippen LogP contribution in [0.25, 0.3) is 10.9 Å². The van der Waals surface area contributed by atoms with E-state index in [-0.39, 0.29) is 24.8 Å². The summed E-state index contributed by atoms with van der Waals surface area (Å²) in [5, 5.41) is 0.130. The molecule has 0 N–H and O–H groups in total. The average molecular weight is 451 g/mol. The van der Waals surface area contributed by atoms with Gasteiger partial charge in [0.1, 0.15) is 12.1 Å². The Labute approximate surface area is 177 Å². The van der Waals surface area contributed by atoms with E-state index in [1.54, 1.807) is 26.8 Å². The minimum Gasteiger partial charge on any atom is -0.459 e. The molecule has 0 aliphatic rings. The summed E-state index contributed by atoms with van der Waals surface area (Å²) in [6.45, 7) is 4.37. The van der Waals surface area contributed by atoms with Gasteiger partial charge in [0.15, 0.2) is 0 Å². The molecular formula is C20H19ClN2O6S. The van der Waals surface area contributed by atoms with E-state index in [1.807, 2.05) is 0 Å². The lowest BCUT2D eigenvalue weighted by Crippen LogP contribution is -2.45. The lowest BCUT2D eigenvalue weighted by atomic mass is 10.2. The number of rotatable bonds is 4. The second kappa shape index (κ2) is 7.73. The van der Waals surface area contributed by atoms with Crippen LogP contribution >= 0.6 is 11.6 Å². The van der Waals surface area contributed by atoms with Crippen LogP contribution < -0.4 is 11.2 Å². The molecule has 0 saturated heterocycles. The van der Waals surface area contributed by atoms with Crippen molar-refractivity contribution in [3.8, 4) is 0 Å². The summed E-state index contributed by atoms with van der Waals surface area (Å²) in [7, 11) is -4.51. The summed E-state index contributed by atoms with van der Waals surface area (Å²) in [6.07, 6.45) is 0. The van der Waals surface area contributed by atoms with Gasteiger partial charge in [-0.2, -0.15) is 0 Å². The van der Waals surface area contributed by atoms with E-state index in [0.29, 0.717) is 0 Å². The van der Waals surface area contributed by atoms with Crippen molar-refractivity contribution in [2.24, 2.45) is 0 Å². The van der Waals surface area contributed by atoms with Gasteiger partial charge in [-0.3, -0.25) is 14.2 Å². The molecule has 30 heavy (non-hydrogen) atoms. The quantitative estimate of drug-likeness (QED) is 0.565. The van der Waals surface area contributed by atoms with Crippen molar-refractivity contribution in [2.45, 2.75) is 37.8 Å². The van der Waals surface area contributed by atoms with Crippen molar-refractivity contribution in [2.75, 3.05) is 0 Å². The third-order valence-corrected chi connectivity index (χ3v) is 5.96. The van der Waals surface area contributed by atoms with Gasteiger partial charge in [0, 0.05) is 5.02 Å². The van der Waals surface area contributed by atoms with E-state index >= 15 is 0 Å². The number of nitrogens with zero attached hydrogens (tertiary/aromatic N) is 2. The molecule has 3 aromatic rings. The first-order chi connectivity index (χ1) is 13.9. The molecule has 2 aromatic carbocycles. The molecule has 10 heteroatoms. The van der Waals surface area contributed by atoms with E-state index < -0.39 is 39.4 Å². The number of fused-ring (bicyclic) bond motifs is 1. The summed E-state index contributed by atoms with van der Waals surface area (Å²) in [5.74, 6) is -0.770. The SMILES string of the molecule is CC(C)(C)OC(=O)Cn1c(=O)n(S(=O)(=O)c2ccccc2)c(=O)c2ccc(Cl)cc21. The molecule has 158 valence electrons. The molecule has 1 heterocycles. The number of ether oxygens (including phenoxy) is 1. The summed E-state index contributed by atoms with van der Waals surface area (Å²) in [6, 6.07) is 11.1. The lowest BCUT2D eigenvalue weighted by Gasteiger charge is -2.20. The van der Waals surface area contributed by atoms with Gasteiger partial charge >= 0.3 is 11.7 Å². The topological polar surface area (TPSA) is 104 Å². The first-order valence-corrected chi connectivity index (χ1v) is 10.7. The van der Waals surface area contributed by atoms with E-state index in [9.17, 15) is 22.8 Å². The van der Waals surface area contributed by atoms with Crippen molar-refractivity contribution in [1.82, 2.24) is 8.54 Å². The molecule has 8 nitrogen and oxygen atoms in total. The second-order valence-electron chi connectivity index (χ2n) is 7.50. The number of aromatic nitrogens is 2. The Balaban J connectivity index is 2.33. The van der Waals surface area contributed by atoms with Crippen LogP contribution in [-0.2, 0) is 26.1 Å². The van der Waals surface area contributed by atoms with Crippen LogP contribution in [0.5, 0.6) is 0 Å². The Morgan fingerprint density at radius 2 is 1.70 bits per heavy atom. The molecule has 0 unspecified atom stereocenters. The average Bonchev–Trinajstić information content (AvgIpc) is 2.64. The van der Waals surface area contributed by atoms with E-state index in [4.69, 9.17) is 16.3 Å². The Morgan fingerprint density at radius 3 is 2.30 bits per heavy atom. The second-order valence-corrected chi connectivity index (χ2v) is 9.73. The maximum absolute atomic E-state index is 13.1. The largest absolute Gasteiger partial charge is 0.459 e. The molecule has 0 amide bonds. The van der Waals surface area contributed by atoms with Crippen LogP contribution in [0.3, 0.4) is 0 Å². The Morgan fingerprint density at radius 1 is 1.07 bits per heavy atom. The zero-order valence-corrected chi connectivity index (χ0v) is 18.0. The van der Waals surface area contributed by atoms with E-state index in [0.717, 1.165) is 4.57 Å². The molecular weight excluding hydrogens is 432 g/mol. The van der Waals surface area contributed by atoms with Crippen molar-refractivity contribution in [3.05, 3.63) is 74.4 Å². The maximum Gasteiger partial charge on any atom is 0.346 e. The van der Waals surface area contributed by atoms with Gasteiger partial charge in [-0.1, -0.05) is 29.8 Å². The van der Waals surface area contributed by atoms with E-state index in [2.05, 4.69) is 0 Å². The van der Waals surface area contributed by atoms with Crippen LogP contribution in [0, 0.1) is 0 Å². The predicted octanol–water partition coefficient (Wildman–Crippen LogP) is 2.40. The number of hydrogen-bond donors (Lipinski definition) is 0. The van der Waals surface area contributed by atoms with Gasteiger partial charge in [0.2, 0.25) is 0 Å². The van der Waals surface area contributed by atoms with Gasteiger partial charge in [0.05, 0.1) is 15.8 Å². The fraction of sp³-hybridized carbons (Fsp3) is 0.250. The van der Waals surface area contributed by atoms with Crippen molar-refractivity contribution < 1.29 is 17.9 Å². The molecule has 0 aliphatic carbocycles. The maximum atomic E-state index is 13.1.